The number of benzene rings is 2. The first-order valence-electron chi connectivity index (χ1n) is 6.65. The molecule has 1 N–H and O–H groups in total. The predicted octanol–water partition coefficient (Wildman–Crippen LogP) is 3.84. The lowest BCUT2D eigenvalue weighted by Crippen LogP contribution is -2.06. The number of halogens is 1. The number of hydrogen-bond acceptors (Lipinski definition) is 2. The lowest BCUT2D eigenvalue weighted by molar-refractivity contribution is 0.411. The van der Waals surface area contributed by atoms with Crippen molar-refractivity contribution in [2.24, 2.45) is 0 Å². The van der Waals surface area contributed by atoms with Gasteiger partial charge in [-0.2, -0.15) is 0 Å². The van der Waals surface area contributed by atoms with E-state index in [0.717, 1.165) is 28.0 Å². The molecular weight excluding hydrogens is 253 g/mol. The highest BCUT2D eigenvalue weighted by Gasteiger charge is 2.09. The van der Waals surface area contributed by atoms with E-state index in [2.05, 4.69) is 5.32 Å². The summed E-state index contributed by atoms with van der Waals surface area (Å²) in [5, 5.41) is 2.96. The highest BCUT2D eigenvalue weighted by molar-refractivity contribution is 5.70. The number of methoxy groups -OCH3 is 1. The molecule has 2 aromatic rings. The lowest BCUT2D eigenvalue weighted by Gasteiger charge is -2.12. The predicted molar refractivity (Wildman–Crippen MR) is 80.6 cm³/mol. The number of hydrogen-bond donors (Lipinski definition) is 1. The average Bonchev–Trinajstić information content (AvgIpc) is 2.43. The van der Waals surface area contributed by atoms with Crippen molar-refractivity contribution in [2.75, 3.05) is 14.2 Å². The average molecular weight is 273 g/mol. The minimum Gasteiger partial charge on any atom is -0.496 e. The third-order valence-corrected chi connectivity index (χ3v) is 3.47. The second kappa shape index (κ2) is 6.06. The van der Waals surface area contributed by atoms with Crippen molar-refractivity contribution in [3.63, 3.8) is 0 Å². The fraction of sp³-hybridized carbons (Fsp3) is 0.294. The van der Waals surface area contributed by atoms with E-state index in [1.165, 1.54) is 0 Å². The summed E-state index contributed by atoms with van der Waals surface area (Å²) in [5.41, 5.74) is 4.74. The van der Waals surface area contributed by atoms with Crippen LogP contribution in [0.2, 0.25) is 0 Å². The molecule has 0 fully saturated rings. The Hall–Kier alpha value is -1.87. The van der Waals surface area contributed by atoms with E-state index < -0.39 is 0 Å². The molecule has 0 bridgehead atoms. The van der Waals surface area contributed by atoms with E-state index in [-0.39, 0.29) is 5.82 Å². The van der Waals surface area contributed by atoms with E-state index in [0.29, 0.717) is 12.1 Å². The fourth-order valence-corrected chi connectivity index (χ4v) is 2.37. The molecule has 0 radical (unpaired) electrons. The van der Waals surface area contributed by atoms with E-state index in [1.807, 2.05) is 45.2 Å². The highest BCUT2D eigenvalue weighted by atomic mass is 19.1. The van der Waals surface area contributed by atoms with Gasteiger partial charge in [0.25, 0.3) is 0 Å². The number of ether oxygens (including phenoxy) is 1. The molecule has 2 rings (SSSR count). The molecule has 0 aliphatic heterocycles. The van der Waals surface area contributed by atoms with Gasteiger partial charge in [-0.15, -0.1) is 0 Å². The Kier molecular flexibility index (Phi) is 4.40. The molecule has 2 nitrogen and oxygen atoms in total. The highest BCUT2D eigenvalue weighted by Crippen LogP contribution is 2.30. The normalized spacial score (nSPS) is 10.7. The molecule has 0 saturated heterocycles. The van der Waals surface area contributed by atoms with Crippen molar-refractivity contribution in [3.8, 4) is 16.9 Å². The first-order valence-corrected chi connectivity index (χ1v) is 6.65. The standard InChI is InChI=1S/C17H20FNO/c1-11-8-17(20-4)12(2)7-15(11)13-5-6-14(10-19-3)16(18)9-13/h5-9,19H,10H2,1-4H3. The molecule has 0 atom stereocenters. The van der Waals surface area contributed by atoms with Gasteiger partial charge in [0.1, 0.15) is 11.6 Å². The molecule has 0 heterocycles. The van der Waals surface area contributed by atoms with Gasteiger partial charge in [-0.3, -0.25) is 0 Å². The van der Waals surface area contributed by atoms with Gasteiger partial charge in [-0.05, 0) is 61.3 Å². The van der Waals surface area contributed by atoms with Crippen molar-refractivity contribution in [1.29, 1.82) is 0 Å². The molecular formula is C17H20FNO. The van der Waals surface area contributed by atoms with Gasteiger partial charge in [0.15, 0.2) is 0 Å². The SMILES string of the molecule is CNCc1ccc(-c2cc(C)c(OC)cc2C)cc1F. The second-order valence-corrected chi connectivity index (χ2v) is 4.97. The van der Waals surface area contributed by atoms with Gasteiger partial charge in [0, 0.05) is 12.1 Å². The largest absolute Gasteiger partial charge is 0.496 e. The van der Waals surface area contributed by atoms with Crippen LogP contribution in [-0.4, -0.2) is 14.2 Å². The van der Waals surface area contributed by atoms with Crippen molar-refractivity contribution < 1.29 is 9.13 Å². The molecule has 0 aliphatic rings. The summed E-state index contributed by atoms with van der Waals surface area (Å²) in [6.45, 7) is 4.54. The Morgan fingerprint density at radius 1 is 1.10 bits per heavy atom. The lowest BCUT2D eigenvalue weighted by atomic mass is 9.96. The van der Waals surface area contributed by atoms with Crippen LogP contribution in [0, 0.1) is 19.7 Å². The van der Waals surface area contributed by atoms with Gasteiger partial charge in [-0.25, -0.2) is 4.39 Å². The molecule has 0 unspecified atom stereocenters. The molecule has 0 amide bonds. The third kappa shape index (κ3) is 2.83. The van der Waals surface area contributed by atoms with Crippen LogP contribution in [0.3, 0.4) is 0 Å². The maximum atomic E-state index is 14.0. The maximum Gasteiger partial charge on any atom is 0.128 e. The van der Waals surface area contributed by atoms with E-state index in [1.54, 1.807) is 13.2 Å². The van der Waals surface area contributed by atoms with Crippen molar-refractivity contribution in [3.05, 3.63) is 52.8 Å². The molecule has 0 aliphatic carbocycles. The quantitative estimate of drug-likeness (QED) is 0.914. The summed E-state index contributed by atoms with van der Waals surface area (Å²) < 4.78 is 19.3. The van der Waals surface area contributed by atoms with Gasteiger partial charge in [0.2, 0.25) is 0 Å². The van der Waals surface area contributed by atoms with Crippen LogP contribution in [-0.2, 0) is 6.54 Å². The summed E-state index contributed by atoms with van der Waals surface area (Å²) in [5.74, 6) is 0.684. The Labute approximate surface area is 119 Å². The smallest absolute Gasteiger partial charge is 0.128 e. The Morgan fingerprint density at radius 3 is 2.45 bits per heavy atom. The first kappa shape index (κ1) is 14.5. The second-order valence-electron chi connectivity index (χ2n) is 4.97. The summed E-state index contributed by atoms with van der Waals surface area (Å²) in [6.07, 6.45) is 0. The van der Waals surface area contributed by atoms with Crippen LogP contribution >= 0.6 is 0 Å². The minimum atomic E-state index is -0.176. The monoisotopic (exact) mass is 273 g/mol. The van der Waals surface area contributed by atoms with Crippen LogP contribution < -0.4 is 10.1 Å². The van der Waals surface area contributed by atoms with Gasteiger partial charge in [0.05, 0.1) is 7.11 Å². The molecule has 3 heteroatoms. The summed E-state index contributed by atoms with van der Waals surface area (Å²) in [7, 11) is 3.47. The zero-order valence-corrected chi connectivity index (χ0v) is 12.4. The number of nitrogens with one attached hydrogen (secondary N) is 1. The Bertz CT molecular complexity index is 623. The van der Waals surface area contributed by atoms with Gasteiger partial charge in [-0.1, -0.05) is 12.1 Å². The van der Waals surface area contributed by atoms with Gasteiger partial charge >= 0.3 is 0 Å². The molecule has 20 heavy (non-hydrogen) atoms. The van der Waals surface area contributed by atoms with Crippen molar-refractivity contribution in [2.45, 2.75) is 20.4 Å². The first-order chi connectivity index (χ1) is 9.56. The summed E-state index contributed by atoms with van der Waals surface area (Å²) >= 11 is 0. The molecule has 0 spiro atoms. The Balaban J connectivity index is 2.46. The van der Waals surface area contributed by atoms with E-state index in [9.17, 15) is 4.39 Å². The van der Waals surface area contributed by atoms with Gasteiger partial charge < -0.3 is 10.1 Å². The molecule has 2 aromatic carbocycles. The summed E-state index contributed by atoms with van der Waals surface area (Å²) in [4.78, 5) is 0. The Morgan fingerprint density at radius 2 is 1.85 bits per heavy atom. The fourth-order valence-electron chi connectivity index (χ4n) is 2.37. The number of aryl methyl sites for hydroxylation is 2. The zero-order chi connectivity index (χ0) is 14.7. The third-order valence-electron chi connectivity index (χ3n) is 3.47. The molecule has 106 valence electrons. The maximum absolute atomic E-state index is 14.0. The number of rotatable bonds is 4. The topological polar surface area (TPSA) is 21.3 Å². The van der Waals surface area contributed by atoms with Crippen LogP contribution in [0.25, 0.3) is 11.1 Å². The van der Waals surface area contributed by atoms with Crippen LogP contribution in [0.15, 0.2) is 30.3 Å². The molecule has 0 saturated carbocycles. The van der Waals surface area contributed by atoms with E-state index >= 15 is 0 Å². The van der Waals surface area contributed by atoms with Crippen LogP contribution in [0.5, 0.6) is 5.75 Å². The van der Waals surface area contributed by atoms with Crippen LogP contribution in [0.4, 0.5) is 4.39 Å². The van der Waals surface area contributed by atoms with E-state index in [4.69, 9.17) is 4.74 Å². The summed E-state index contributed by atoms with van der Waals surface area (Å²) in [6, 6.07) is 9.43. The van der Waals surface area contributed by atoms with Crippen LogP contribution in [0.1, 0.15) is 16.7 Å². The van der Waals surface area contributed by atoms with Crippen molar-refractivity contribution in [1.82, 2.24) is 5.32 Å². The van der Waals surface area contributed by atoms with Crippen molar-refractivity contribution >= 4 is 0 Å². The minimum absolute atomic E-state index is 0.176. The molecule has 0 aromatic heterocycles. The zero-order valence-electron chi connectivity index (χ0n) is 12.4.